The highest BCUT2D eigenvalue weighted by molar-refractivity contribution is 6.39. The summed E-state index contributed by atoms with van der Waals surface area (Å²) < 4.78 is 5.77. The zero-order chi connectivity index (χ0) is 22.1. The molecule has 1 aliphatic heterocycles. The van der Waals surface area contributed by atoms with Gasteiger partial charge in [0.2, 0.25) is 0 Å². The molecule has 0 saturated carbocycles. The third-order valence-corrected chi connectivity index (χ3v) is 5.07. The molecule has 0 aromatic heterocycles. The van der Waals surface area contributed by atoms with Crippen molar-refractivity contribution < 1.29 is 19.1 Å². The Morgan fingerprint density at radius 1 is 0.871 bits per heavy atom. The van der Waals surface area contributed by atoms with E-state index in [1.807, 2.05) is 12.1 Å². The van der Waals surface area contributed by atoms with Crippen LogP contribution in [-0.4, -0.2) is 24.5 Å². The predicted octanol–water partition coefficient (Wildman–Crippen LogP) is 5.09. The zero-order valence-corrected chi connectivity index (χ0v) is 17.8. The molecule has 0 spiro atoms. The van der Waals surface area contributed by atoms with Crippen molar-refractivity contribution in [3.05, 3.63) is 65.7 Å². The lowest BCUT2D eigenvalue weighted by atomic mass is 10.1. The van der Waals surface area contributed by atoms with Gasteiger partial charge in [-0.3, -0.25) is 14.9 Å². The van der Waals surface area contributed by atoms with E-state index >= 15 is 0 Å². The minimum Gasteiger partial charge on any atom is -0.494 e. The van der Waals surface area contributed by atoms with E-state index in [-0.39, 0.29) is 5.57 Å². The van der Waals surface area contributed by atoms with Gasteiger partial charge >= 0.3 is 6.03 Å². The predicted molar refractivity (Wildman–Crippen MR) is 121 cm³/mol. The van der Waals surface area contributed by atoms with E-state index in [1.54, 1.807) is 42.5 Å². The summed E-state index contributed by atoms with van der Waals surface area (Å²) in [6, 6.07) is 15.0. The molecule has 1 aliphatic rings. The van der Waals surface area contributed by atoms with Crippen LogP contribution < -0.4 is 15.0 Å². The Balaban J connectivity index is 1.62. The van der Waals surface area contributed by atoms with E-state index in [0.717, 1.165) is 23.5 Å². The smallest absolute Gasteiger partial charge is 0.335 e. The van der Waals surface area contributed by atoms with E-state index in [1.165, 1.54) is 31.8 Å². The molecule has 2 aromatic carbocycles. The maximum atomic E-state index is 12.8. The molecule has 0 radical (unpaired) electrons. The number of nitrogens with one attached hydrogen (secondary N) is 1. The fourth-order valence-electron chi connectivity index (χ4n) is 3.37. The van der Waals surface area contributed by atoms with Crippen molar-refractivity contribution in [1.29, 1.82) is 0 Å². The standard InChI is InChI=1S/C25H28N2O4/c1-2-3-4-5-6-10-17-31-21-15-13-19(14-16-21)18-22-23(28)26-25(30)27(24(22)29)20-11-8-7-9-12-20/h7-9,11-16,18H,2-6,10,17H2,1H3,(H,26,28,30). The summed E-state index contributed by atoms with van der Waals surface area (Å²) in [6.07, 6.45) is 8.72. The molecule has 6 heteroatoms. The monoisotopic (exact) mass is 420 g/mol. The highest BCUT2D eigenvalue weighted by atomic mass is 16.5. The van der Waals surface area contributed by atoms with Crippen LogP contribution in [0.4, 0.5) is 10.5 Å². The Kier molecular flexibility index (Phi) is 7.98. The van der Waals surface area contributed by atoms with Crippen LogP contribution in [0.2, 0.25) is 0 Å². The van der Waals surface area contributed by atoms with Crippen LogP contribution in [0.3, 0.4) is 0 Å². The van der Waals surface area contributed by atoms with Gasteiger partial charge in [-0.25, -0.2) is 9.69 Å². The summed E-state index contributed by atoms with van der Waals surface area (Å²) in [5.41, 5.74) is 0.985. The van der Waals surface area contributed by atoms with Crippen LogP contribution in [0.25, 0.3) is 6.08 Å². The number of para-hydroxylation sites is 1. The van der Waals surface area contributed by atoms with Crippen molar-refractivity contribution in [1.82, 2.24) is 5.32 Å². The van der Waals surface area contributed by atoms with Crippen molar-refractivity contribution in [3.8, 4) is 5.75 Å². The lowest BCUT2D eigenvalue weighted by Crippen LogP contribution is -2.54. The maximum Gasteiger partial charge on any atom is 0.335 e. The summed E-state index contributed by atoms with van der Waals surface area (Å²) in [5.74, 6) is -0.606. The number of benzene rings is 2. The Hall–Kier alpha value is -3.41. The molecule has 4 amide bonds. The number of nitrogens with zero attached hydrogens (tertiary/aromatic N) is 1. The molecule has 1 heterocycles. The van der Waals surface area contributed by atoms with Gasteiger partial charge in [-0.15, -0.1) is 0 Å². The first-order chi connectivity index (χ1) is 15.1. The third-order valence-electron chi connectivity index (χ3n) is 5.07. The number of hydrogen-bond acceptors (Lipinski definition) is 4. The number of ether oxygens (including phenoxy) is 1. The van der Waals surface area contributed by atoms with Gasteiger partial charge < -0.3 is 4.74 Å². The van der Waals surface area contributed by atoms with Crippen LogP contribution in [0.5, 0.6) is 5.75 Å². The van der Waals surface area contributed by atoms with Crippen molar-refractivity contribution in [2.45, 2.75) is 45.4 Å². The molecule has 0 atom stereocenters. The van der Waals surface area contributed by atoms with E-state index in [9.17, 15) is 14.4 Å². The number of hydrogen-bond donors (Lipinski definition) is 1. The summed E-state index contributed by atoms with van der Waals surface area (Å²) in [6.45, 7) is 2.87. The molecule has 3 rings (SSSR count). The van der Waals surface area contributed by atoms with Crippen molar-refractivity contribution in [2.75, 3.05) is 11.5 Å². The van der Waals surface area contributed by atoms with Gasteiger partial charge in [-0.2, -0.15) is 0 Å². The number of imide groups is 2. The van der Waals surface area contributed by atoms with Crippen LogP contribution in [-0.2, 0) is 9.59 Å². The molecular formula is C25H28N2O4. The highest BCUT2D eigenvalue weighted by Crippen LogP contribution is 2.22. The van der Waals surface area contributed by atoms with Crippen LogP contribution in [0, 0.1) is 0 Å². The molecule has 6 nitrogen and oxygen atoms in total. The second-order valence-electron chi connectivity index (χ2n) is 7.48. The fourth-order valence-corrected chi connectivity index (χ4v) is 3.37. The van der Waals surface area contributed by atoms with E-state index in [2.05, 4.69) is 12.2 Å². The van der Waals surface area contributed by atoms with E-state index in [0.29, 0.717) is 17.9 Å². The lowest BCUT2D eigenvalue weighted by molar-refractivity contribution is -0.122. The van der Waals surface area contributed by atoms with Crippen molar-refractivity contribution in [2.24, 2.45) is 0 Å². The normalized spacial score (nSPS) is 15.3. The van der Waals surface area contributed by atoms with Gasteiger partial charge in [0, 0.05) is 0 Å². The number of amides is 4. The molecule has 162 valence electrons. The van der Waals surface area contributed by atoms with Crippen molar-refractivity contribution in [3.63, 3.8) is 0 Å². The minimum absolute atomic E-state index is 0.0933. The molecule has 1 saturated heterocycles. The summed E-state index contributed by atoms with van der Waals surface area (Å²) >= 11 is 0. The molecule has 0 aliphatic carbocycles. The summed E-state index contributed by atoms with van der Waals surface area (Å²) in [5, 5.41) is 2.23. The number of carbonyl (C=O) groups excluding carboxylic acids is 3. The third kappa shape index (κ3) is 6.04. The number of urea groups is 1. The number of rotatable bonds is 10. The molecule has 1 fully saturated rings. The number of barbiturate groups is 1. The first-order valence-corrected chi connectivity index (χ1v) is 10.8. The van der Waals surface area contributed by atoms with E-state index < -0.39 is 17.8 Å². The van der Waals surface area contributed by atoms with Gasteiger partial charge in [-0.05, 0) is 42.3 Å². The second-order valence-corrected chi connectivity index (χ2v) is 7.48. The summed E-state index contributed by atoms with van der Waals surface area (Å²) in [4.78, 5) is 38.2. The lowest BCUT2D eigenvalue weighted by Gasteiger charge is -2.26. The molecule has 1 N–H and O–H groups in total. The van der Waals surface area contributed by atoms with Gasteiger partial charge in [0.25, 0.3) is 11.8 Å². The number of unbranched alkanes of at least 4 members (excludes halogenated alkanes) is 5. The minimum atomic E-state index is -0.753. The molecule has 0 bridgehead atoms. The van der Waals surface area contributed by atoms with Crippen molar-refractivity contribution >= 4 is 29.6 Å². The van der Waals surface area contributed by atoms with Crippen LogP contribution >= 0.6 is 0 Å². The van der Waals surface area contributed by atoms with Gasteiger partial charge in [-0.1, -0.05) is 69.4 Å². The van der Waals surface area contributed by atoms with Crippen LogP contribution in [0.15, 0.2) is 60.2 Å². The van der Waals surface area contributed by atoms with Crippen LogP contribution in [0.1, 0.15) is 51.0 Å². The topological polar surface area (TPSA) is 75.7 Å². The zero-order valence-electron chi connectivity index (χ0n) is 17.8. The Morgan fingerprint density at radius 2 is 1.55 bits per heavy atom. The maximum absolute atomic E-state index is 12.8. The van der Waals surface area contributed by atoms with Gasteiger partial charge in [0.1, 0.15) is 11.3 Å². The molecular weight excluding hydrogens is 392 g/mol. The largest absolute Gasteiger partial charge is 0.494 e. The molecule has 2 aromatic rings. The first kappa shape index (κ1) is 22.3. The average Bonchev–Trinajstić information content (AvgIpc) is 2.77. The van der Waals surface area contributed by atoms with Gasteiger partial charge in [0.05, 0.1) is 12.3 Å². The number of carbonyl (C=O) groups is 3. The van der Waals surface area contributed by atoms with Gasteiger partial charge in [0.15, 0.2) is 0 Å². The average molecular weight is 421 g/mol. The molecule has 0 unspecified atom stereocenters. The fraction of sp³-hybridized carbons (Fsp3) is 0.320. The SMILES string of the molecule is CCCCCCCCOc1ccc(C=C2C(=O)NC(=O)N(c3ccccc3)C2=O)cc1. The van der Waals surface area contributed by atoms with E-state index in [4.69, 9.17) is 4.74 Å². The Bertz CT molecular complexity index is 936. The molecule has 31 heavy (non-hydrogen) atoms. The second kappa shape index (κ2) is 11.1. The first-order valence-electron chi connectivity index (χ1n) is 10.8. The highest BCUT2D eigenvalue weighted by Gasteiger charge is 2.36. The Labute approximate surface area is 182 Å². The number of anilines is 1. The quantitative estimate of drug-likeness (QED) is 0.330. The Morgan fingerprint density at radius 3 is 2.26 bits per heavy atom. The summed E-state index contributed by atoms with van der Waals surface area (Å²) in [7, 11) is 0.